The van der Waals surface area contributed by atoms with Crippen LogP contribution in [-0.4, -0.2) is 21.2 Å². The Morgan fingerprint density at radius 3 is 1.82 bits per heavy atom. The molecule has 4 heterocycles. The van der Waals surface area contributed by atoms with Crippen molar-refractivity contribution in [1.82, 2.24) is 14.9 Å². The molecule has 236 valence electrons. The predicted molar refractivity (Wildman–Crippen MR) is 203 cm³/mol. The summed E-state index contributed by atoms with van der Waals surface area (Å²) >= 11 is 0. The topological polar surface area (TPSA) is 67.7 Å². The minimum atomic E-state index is -0.574. The number of hydrogen-bond donors (Lipinski definition) is 1. The van der Waals surface area contributed by atoms with Crippen molar-refractivity contribution >= 4 is 55.4 Å². The number of fused-ring (bicyclic) bond motifs is 6. The molecule has 9 aromatic rings. The Labute approximate surface area is 287 Å². The van der Waals surface area contributed by atoms with Gasteiger partial charge in [0.05, 0.1) is 22.1 Å². The van der Waals surface area contributed by atoms with Crippen LogP contribution in [0.15, 0.2) is 178 Å². The Balaban J connectivity index is 1.14. The second kappa shape index (κ2) is 11.4. The number of nitrogens with one attached hydrogen (secondary N) is 1. The Morgan fingerprint density at radius 1 is 0.500 bits per heavy atom. The lowest BCUT2D eigenvalue weighted by Gasteiger charge is -2.22. The average molecular weight is 644 g/mol. The minimum absolute atomic E-state index is 0.574. The summed E-state index contributed by atoms with van der Waals surface area (Å²) in [5.41, 5.74) is 10.0. The maximum atomic E-state index is 6.42. The van der Waals surface area contributed by atoms with Crippen molar-refractivity contribution in [2.75, 3.05) is 0 Å². The first-order chi connectivity index (χ1) is 24.8. The molecule has 3 aromatic heterocycles. The van der Waals surface area contributed by atoms with Gasteiger partial charge in [-0.1, -0.05) is 109 Å². The molecule has 0 unspecified atom stereocenters. The summed E-state index contributed by atoms with van der Waals surface area (Å²) in [6.07, 6.45) is 1.21. The van der Waals surface area contributed by atoms with Gasteiger partial charge in [0.2, 0.25) is 0 Å². The minimum Gasteiger partial charge on any atom is -0.456 e. The molecule has 6 aromatic carbocycles. The quantitative estimate of drug-likeness (QED) is 0.203. The summed E-state index contributed by atoms with van der Waals surface area (Å²) < 4.78 is 8.76. The average Bonchev–Trinajstić information content (AvgIpc) is 3.74. The number of pyridine rings is 1. The summed E-state index contributed by atoms with van der Waals surface area (Å²) in [4.78, 5) is 15.1. The highest BCUT2D eigenvalue weighted by Gasteiger charge is 2.25. The fourth-order valence-corrected chi connectivity index (χ4v) is 7.19. The number of furan rings is 1. The highest BCUT2D eigenvalue weighted by atomic mass is 16.3. The number of amidine groups is 2. The third kappa shape index (κ3) is 4.61. The molecule has 1 aliphatic heterocycles. The van der Waals surface area contributed by atoms with Crippen molar-refractivity contribution in [3.63, 3.8) is 0 Å². The maximum absolute atomic E-state index is 6.42. The molecule has 0 fully saturated rings. The standard InChI is InChI=1S/C44H29N5O/c1-4-12-28(13-5-1)42-46-43(29-14-6-2-7-15-29)48-44(47-42)41-40-35-27-31(21-23-38(35)50-39(40)24-25-45-41)30-20-22-37-34(26-30)33-18-10-11-19-36(33)49(37)32-16-8-3-9-17-32/h1-27,44H,(H,46,47,48). The van der Waals surface area contributed by atoms with Gasteiger partial charge in [-0.3, -0.25) is 4.98 Å². The van der Waals surface area contributed by atoms with Gasteiger partial charge in [0.15, 0.2) is 6.17 Å². The molecule has 1 N–H and O–H groups in total. The van der Waals surface area contributed by atoms with Crippen molar-refractivity contribution < 1.29 is 4.42 Å². The number of aromatic nitrogens is 2. The van der Waals surface area contributed by atoms with Gasteiger partial charge < -0.3 is 14.3 Å². The summed E-state index contributed by atoms with van der Waals surface area (Å²) in [5.74, 6) is 1.50. The van der Waals surface area contributed by atoms with Crippen LogP contribution < -0.4 is 5.32 Å². The van der Waals surface area contributed by atoms with Crippen molar-refractivity contribution in [1.29, 1.82) is 0 Å². The zero-order chi connectivity index (χ0) is 33.0. The fourth-order valence-electron chi connectivity index (χ4n) is 7.19. The molecule has 0 spiro atoms. The Kier molecular flexibility index (Phi) is 6.45. The normalized spacial score (nSPS) is 13.5. The molecular weight excluding hydrogens is 615 g/mol. The van der Waals surface area contributed by atoms with E-state index in [1.54, 1.807) is 6.20 Å². The first-order valence-electron chi connectivity index (χ1n) is 16.7. The predicted octanol–water partition coefficient (Wildman–Crippen LogP) is 10.2. The largest absolute Gasteiger partial charge is 0.456 e. The summed E-state index contributed by atoms with van der Waals surface area (Å²) in [5, 5.41) is 7.82. The van der Waals surface area contributed by atoms with Gasteiger partial charge in [-0.25, -0.2) is 9.98 Å². The molecule has 10 rings (SSSR count). The molecule has 6 heteroatoms. The number of nitrogens with zero attached hydrogens (tertiary/aromatic N) is 4. The molecule has 0 saturated heterocycles. The second-order valence-electron chi connectivity index (χ2n) is 12.5. The molecule has 6 nitrogen and oxygen atoms in total. The number of hydrogen-bond acceptors (Lipinski definition) is 5. The molecule has 0 atom stereocenters. The smallest absolute Gasteiger partial charge is 0.187 e. The zero-order valence-electron chi connectivity index (χ0n) is 26.9. The van der Waals surface area contributed by atoms with E-state index in [0.717, 1.165) is 67.2 Å². The van der Waals surface area contributed by atoms with E-state index in [4.69, 9.17) is 19.4 Å². The van der Waals surface area contributed by atoms with Crippen LogP contribution in [0.25, 0.3) is 60.6 Å². The number of aliphatic imine (C=N–C) groups is 2. The SMILES string of the molecule is c1ccc(C2=NC(c3nccc4oc5ccc(-c6ccc7c(c6)c6ccccc6n7-c6ccccc6)cc5c34)N=C(c3ccccc3)N2)cc1. The number of benzene rings is 6. The summed E-state index contributed by atoms with van der Waals surface area (Å²) in [7, 11) is 0. The maximum Gasteiger partial charge on any atom is 0.187 e. The Morgan fingerprint density at radius 2 is 1.10 bits per heavy atom. The molecule has 0 saturated carbocycles. The highest BCUT2D eigenvalue weighted by Crippen LogP contribution is 2.39. The molecule has 1 aliphatic rings. The van der Waals surface area contributed by atoms with E-state index < -0.39 is 6.17 Å². The number of rotatable bonds is 5. The summed E-state index contributed by atoms with van der Waals surface area (Å²) in [6, 6.07) is 54.5. The highest BCUT2D eigenvalue weighted by molar-refractivity contribution is 6.16. The van der Waals surface area contributed by atoms with E-state index in [1.807, 2.05) is 42.5 Å². The number of para-hydroxylation sites is 2. The van der Waals surface area contributed by atoms with Crippen LogP contribution in [0, 0.1) is 0 Å². The van der Waals surface area contributed by atoms with Crippen LogP contribution >= 0.6 is 0 Å². The van der Waals surface area contributed by atoms with Crippen LogP contribution in [0.1, 0.15) is 23.0 Å². The van der Waals surface area contributed by atoms with E-state index in [-0.39, 0.29) is 0 Å². The third-order valence-electron chi connectivity index (χ3n) is 9.51. The molecule has 0 radical (unpaired) electrons. The lowest BCUT2D eigenvalue weighted by molar-refractivity contribution is 0.665. The first-order valence-corrected chi connectivity index (χ1v) is 16.7. The van der Waals surface area contributed by atoms with Gasteiger partial charge in [-0.2, -0.15) is 0 Å². The van der Waals surface area contributed by atoms with Crippen LogP contribution in [0.4, 0.5) is 0 Å². The van der Waals surface area contributed by atoms with Gasteiger partial charge in [0, 0.05) is 39.2 Å². The lowest BCUT2D eigenvalue weighted by Crippen LogP contribution is -2.36. The summed E-state index contributed by atoms with van der Waals surface area (Å²) in [6.45, 7) is 0. The third-order valence-corrected chi connectivity index (χ3v) is 9.51. The Hall–Kier alpha value is -6.79. The van der Waals surface area contributed by atoms with Gasteiger partial charge in [-0.05, 0) is 59.7 Å². The van der Waals surface area contributed by atoms with E-state index in [0.29, 0.717) is 0 Å². The van der Waals surface area contributed by atoms with Gasteiger partial charge in [-0.15, -0.1) is 0 Å². The fraction of sp³-hybridized carbons (Fsp3) is 0.0227. The zero-order valence-corrected chi connectivity index (χ0v) is 26.9. The van der Waals surface area contributed by atoms with Crippen molar-refractivity contribution in [2.24, 2.45) is 9.98 Å². The molecule has 0 amide bonds. The van der Waals surface area contributed by atoms with E-state index >= 15 is 0 Å². The lowest BCUT2D eigenvalue weighted by atomic mass is 10.00. The van der Waals surface area contributed by atoms with Gasteiger partial charge in [0.1, 0.15) is 22.8 Å². The molecular formula is C44H29N5O. The monoisotopic (exact) mass is 643 g/mol. The van der Waals surface area contributed by atoms with Crippen molar-refractivity contribution in [2.45, 2.75) is 6.17 Å². The second-order valence-corrected chi connectivity index (χ2v) is 12.5. The molecule has 0 aliphatic carbocycles. The van der Waals surface area contributed by atoms with Crippen LogP contribution in [-0.2, 0) is 0 Å². The van der Waals surface area contributed by atoms with Crippen molar-refractivity contribution in [3.8, 4) is 16.8 Å². The first kappa shape index (κ1) is 28.2. The van der Waals surface area contributed by atoms with Crippen molar-refractivity contribution in [3.05, 3.63) is 181 Å². The van der Waals surface area contributed by atoms with Gasteiger partial charge in [0.25, 0.3) is 0 Å². The van der Waals surface area contributed by atoms with E-state index in [1.165, 1.54) is 21.8 Å². The molecule has 0 bridgehead atoms. The van der Waals surface area contributed by atoms with Crippen LogP contribution in [0.5, 0.6) is 0 Å². The Bertz CT molecular complexity index is 2720. The van der Waals surface area contributed by atoms with E-state index in [9.17, 15) is 0 Å². The van der Waals surface area contributed by atoms with Crippen LogP contribution in [0.2, 0.25) is 0 Å². The van der Waals surface area contributed by atoms with E-state index in [2.05, 4.69) is 125 Å². The molecule has 50 heavy (non-hydrogen) atoms. The van der Waals surface area contributed by atoms with Gasteiger partial charge >= 0.3 is 0 Å². The van der Waals surface area contributed by atoms with Crippen LogP contribution in [0.3, 0.4) is 0 Å².